The second-order valence-electron chi connectivity index (χ2n) is 6.65. The molecule has 2 aromatic heterocycles. The smallest absolute Gasteiger partial charge is 0.239 e. The lowest BCUT2D eigenvalue weighted by molar-refractivity contribution is -0.115. The molecule has 0 unspecified atom stereocenters. The number of anilines is 2. The number of carbonyl (C=O) groups is 1. The first-order chi connectivity index (χ1) is 14.1. The number of benzene rings is 1. The van der Waals surface area contributed by atoms with Crippen molar-refractivity contribution < 1.29 is 13.2 Å². The van der Waals surface area contributed by atoms with Crippen LogP contribution >= 0.6 is 23.1 Å². The quantitative estimate of drug-likeness (QED) is 0.508. The topological polar surface area (TPSA) is 110 Å². The van der Waals surface area contributed by atoms with Crippen molar-refractivity contribution >= 4 is 49.8 Å². The van der Waals surface area contributed by atoms with Gasteiger partial charge in [-0.1, -0.05) is 29.5 Å². The van der Waals surface area contributed by atoms with Gasteiger partial charge in [-0.2, -0.15) is 0 Å². The van der Waals surface area contributed by atoms with Crippen LogP contribution in [-0.4, -0.2) is 45.6 Å². The predicted octanol–water partition coefficient (Wildman–Crippen LogP) is 2.67. The minimum absolute atomic E-state index is 0.0334. The summed E-state index contributed by atoms with van der Waals surface area (Å²) in [6.07, 6.45) is 2.78. The fourth-order valence-electron chi connectivity index (χ4n) is 2.53. The molecule has 1 atom stereocenters. The van der Waals surface area contributed by atoms with Crippen molar-refractivity contribution in [2.75, 3.05) is 15.9 Å². The summed E-state index contributed by atoms with van der Waals surface area (Å²) in [6, 6.07) is 7.23. The summed E-state index contributed by atoms with van der Waals surface area (Å²) < 4.78 is 27.7. The third-order valence-electron chi connectivity index (χ3n) is 4.25. The molecule has 0 saturated heterocycles. The second kappa shape index (κ2) is 9.14. The van der Waals surface area contributed by atoms with Crippen LogP contribution in [0.5, 0.6) is 0 Å². The predicted molar refractivity (Wildman–Crippen MR) is 119 cm³/mol. The number of aromatic nitrogens is 4. The van der Waals surface area contributed by atoms with E-state index in [2.05, 4.69) is 20.5 Å². The molecule has 0 aliphatic heterocycles. The fourth-order valence-corrected chi connectivity index (χ4v) is 4.75. The van der Waals surface area contributed by atoms with E-state index in [9.17, 15) is 13.2 Å². The van der Waals surface area contributed by atoms with Crippen molar-refractivity contribution in [3.05, 3.63) is 47.2 Å². The summed E-state index contributed by atoms with van der Waals surface area (Å²) in [5.74, 6) is 0.271. The maximum Gasteiger partial charge on any atom is 0.239 e. The van der Waals surface area contributed by atoms with E-state index in [1.54, 1.807) is 42.2 Å². The van der Waals surface area contributed by atoms with Gasteiger partial charge in [0.05, 0.1) is 23.7 Å². The maximum absolute atomic E-state index is 12.4. The molecule has 0 radical (unpaired) electrons. The van der Waals surface area contributed by atoms with E-state index in [1.807, 2.05) is 19.1 Å². The SMILES string of the molecule is Cc1ccc(N(Cc2nnc(S[C@H](C)C(=O)Nc3nccs3)n2C)S(C)(=O)=O)cc1. The number of nitrogens with zero attached hydrogens (tertiary/aromatic N) is 5. The first kappa shape index (κ1) is 22.2. The first-order valence-corrected chi connectivity index (χ1v) is 12.6. The number of thioether (sulfide) groups is 1. The standard InChI is InChI=1S/C18H22N6O3S3/c1-12-5-7-14(8-6-12)24(30(4,26)27)11-15-21-22-18(23(15)3)29-13(2)16(25)20-17-19-9-10-28-17/h5-10,13H,11H2,1-4H3,(H,19,20,25)/t13-/m1/s1. The van der Waals surface area contributed by atoms with Gasteiger partial charge in [-0.3, -0.25) is 9.10 Å². The summed E-state index contributed by atoms with van der Waals surface area (Å²) in [4.78, 5) is 16.4. The van der Waals surface area contributed by atoms with Gasteiger partial charge in [-0.15, -0.1) is 21.5 Å². The zero-order chi connectivity index (χ0) is 21.9. The molecular formula is C18H22N6O3S3. The van der Waals surface area contributed by atoms with Gasteiger partial charge in [0.2, 0.25) is 15.9 Å². The molecule has 3 rings (SSSR count). The van der Waals surface area contributed by atoms with Crippen molar-refractivity contribution in [2.45, 2.75) is 30.8 Å². The monoisotopic (exact) mass is 466 g/mol. The van der Waals surface area contributed by atoms with Gasteiger partial charge in [0.25, 0.3) is 0 Å². The van der Waals surface area contributed by atoms with Crippen molar-refractivity contribution in [2.24, 2.45) is 7.05 Å². The van der Waals surface area contributed by atoms with Gasteiger partial charge in [0.1, 0.15) is 0 Å². The molecule has 0 bridgehead atoms. The van der Waals surface area contributed by atoms with Crippen LogP contribution in [0.4, 0.5) is 10.8 Å². The van der Waals surface area contributed by atoms with E-state index in [0.29, 0.717) is 21.8 Å². The highest BCUT2D eigenvalue weighted by Gasteiger charge is 2.23. The van der Waals surface area contributed by atoms with Crippen LogP contribution in [0.2, 0.25) is 0 Å². The van der Waals surface area contributed by atoms with Crippen LogP contribution in [0.3, 0.4) is 0 Å². The number of carbonyl (C=O) groups excluding carboxylic acids is 1. The Bertz CT molecular complexity index is 1110. The summed E-state index contributed by atoms with van der Waals surface area (Å²) in [7, 11) is -1.78. The average Bonchev–Trinajstić information content (AvgIpc) is 3.30. The Kier molecular flexibility index (Phi) is 6.78. The number of aryl methyl sites for hydroxylation is 1. The fraction of sp³-hybridized carbons (Fsp3) is 0.333. The van der Waals surface area contributed by atoms with Crippen LogP contribution in [0.15, 0.2) is 41.0 Å². The van der Waals surface area contributed by atoms with Crippen molar-refractivity contribution in [3.63, 3.8) is 0 Å². The van der Waals surface area contributed by atoms with Crippen molar-refractivity contribution in [3.8, 4) is 0 Å². The molecule has 0 saturated carbocycles. The van der Waals surface area contributed by atoms with Crippen molar-refractivity contribution in [1.82, 2.24) is 19.7 Å². The Balaban J connectivity index is 1.74. The lowest BCUT2D eigenvalue weighted by Crippen LogP contribution is -2.30. The normalized spacial score (nSPS) is 12.5. The second-order valence-corrected chi connectivity index (χ2v) is 10.8. The highest BCUT2D eigenvalue weighted by Crippen LogP contribution is 2.25. The molecule has 160 valence electrons. The van der Waals surface area contributed by atoms with Gasteiger partial charge >= 0.3 is 0 Å². The van der Waals surface area contributed by atoms with Crippen LogP contribution in [0.25, 0.3) is 0 Å². The van der Waals surface area contributed by atoms with Crippen LogP contribution in [-0.2, 0) is 28.4 Å². The van der Waals surface area contributed by atoms with Crippen LogP contribution in [0.1, 0.15) is 18.3 Å². The number of hydrogen-bond donors (Lipinski definition) is 1. The van der Waals surface area contributed by atoms with E-state index in [1.165, 1.54) is 27.4 Å². The maximum atomic E-state index is 12.4. The molecule has 12 heteroatoms. The van der Waals surface area contributed by atoms with E-state index in [0.717, 1.165) is 11.8 Å². The lowest BCUT2D eigenvalue weighted by atomic mass is 10.2. The van der Waals surface area contributed by atoms with Crippen LogP contribution in [0, 0.1) is 6.92 Å². The minimum Gasteiger partial charge on any atom is -0.308 e. The summed E-state index contributed by atoms with van der Waals surface area (Å²) in [5, 5.41) is 13.4. The Morgan fingerprint density at radius 1 is 1.30 bits per heavy atom. The largest absolute Gasteiger partial charge is 0.308 e. The summed E-state index contributed by atoms with van der Waals surface area (Å²) in [6.45, 7) is 3.73. The Morgan fingerprint density at radius 3 is 2.60 bits per heavy atom. The number of thiazole rings is 1. The molecule has 1 amide bonds. The molecule has 30 heavy (non-hydrogen) atoms. The Labute approximate surface area is 183 Å². The molecule has 2 heterocycles. The summed E-state index contributed by atoms with van der Waals surface area (Å²) in [5.41, 5.74) is 1.59. The Hall–Kier alpha value is -2.44. The van der Waals surface area contributed by atoms with Gasteiger partial charge in [-0.05, 0) is 26.0 Å². The van der Waals surface area contributed by atoms with Gasteiger partial charge in [0.15, 0.2) is 16.1 Å². The van der Waals surface area contributed by atoms with Gasteiger partial charge in [-0.25, -0.2) is 13.4 Å². The number of nitrogens with one attached hydrogen (secondary N) is 1. The van der Waals surface area contributed by atoms with E-state index in [-0.39, 0.29) is 12.5 Å². The number of amides is 1. The van der Waals surface area contributed by atoms with Crippen molar-refractivity contribution in [1.29, 1.82) is 0 Å². The zero-order valence-electron chi connectivity index (χ0n) is 16.9. The van der Waals surface area contributed by atoms with Crippen LogP contribution < -0.4 is 9.62 Å². The highest BCUT2D eigenvalue weighted by molar-refractivity contribution is 8.00. The van der Waals surface area contributed by atoms with E-state index < -0.39 is 15.3 Å². The minimum atomic E-state index is -3.53. The van der Waals surface area contributed by atoms with E-state index in [4.69, 9.17) is 0 Å². The highest BCUT2D eigenvalue weighted by atomic mass is 32.2. The van der Waals surface area contributed by atoms with E-state index >= 15 is 0 Å². The number of rotatable bonds is 8. The van der Waals surface area contributed by atoms with Gasteiger partial charge in [0, 0.05) is 18.6 Å². The molecule has 1 aromatic carbocycles. The zero-order valence-corrected chi connectivity index (χ0v) is 19.4. The third-order valence-corrected chi connectivity index (χ3v) is 7.21. The number of hydrogen-bond acceptors (Lipinski definition) is 8. The molecule has 0 spiro atoms. The molecule has 0 aliphatic carbocycles. The lowest BCUT2D eigenvalue weighted by Gasteiger charge is -2.22. The first-order valence-electron chi connectivity index (χ1n) is 8.95. The average molecular weight is 467 g/mol. The molecule has 9 nitrogen and oxygen atoms in total. The molecule has 0 fully saturated rings. The molecular weight excluding hydrogens is 444 g/mol. The molecule has 3 aromatic rings. The third kappa shape index (κ3) is 5.37. The number of sulfonamides is 1. The Morgan fingerprint density at radius 2 is 2.00 bits per heavy atom. The summed E-state index contributed by atoms with van der Waals surface area (Å²) >= 11 is 2.58. The van der Waals surface area contributed by atoms with Gasteiger partial charge < -0.3 is 9.88 Å². The molecule has 0 aliphatic rings. The molecule has 1 N–H and O–H groups in total.